The quantitative estimate of drug-likeness (QED) is 0.228. The maximum Gasteiger partial charge on any atom is 0.344 e. The minimum atomic E-state index is -0.519. The van der Waals surface area contributed by atoms with Crippen molar-refractivity contribution in [2.75, 3.05) is 31.7 Å². The number of hydrogen-bond donors (Lipinski definition) is 1. The predicted octanol–water partition coefficient (Wildman–Crippen LogP) is 5.51. The standard InChI is InChI=1S/C30H32N2O7S/c1-3-36-26(33)18-38-22-15-14-20(24(16-22)39-19-27(34)37-4-2)17-31-30-28(23-12-8-9-13-25(23)40-30)29(35)32-21-10-6-5-7-11-21/h5-7,10-11,14-17H,3-4,8-9,12-13,18-19H2,1-2H3,(H,32,35). The number of nitrogens with zero attached hydrogens (tertiary/aromatic N) is 1. The summed E-state index contributed by atoms with van der Waals surface area (Å²) in [6.45, 7) is 3.34. The van der Waals surface area contributed by atoms with E-state index in [4.69, 9.17) is 23.9 Å². The van der Waals surface area contributed by atoms with Crippen LogP contribution in [0.1, 0.15) is 53.1 Å². The van der Waals surface area contributed by atoms with Crippen molar-refractivity contribution in [3.05, 3.63) is 70.1 Å². The predicted molar refractivity (Wildman–Crippen MR) is 153 cm³/mol. The summed E-state index contributed by atoms with van der Waals surface area (Å²) < 4.78 is 21.1. The van der Waals surface area contributed by atoms with E-state index in [-0.39, 0.29) is 32.3 Å². The van der Waals surface area contributed by atoms with Crippen molar-refractivity contribution in [1.82, 2.24) is 0 Å². The van der Waals surface area contributed by atoms with Gasteiger partial charge in [0.25, 0.3) is 5.91 Å². The van der Waals surface area contributed by atoms with Crippen LogP contribution in [0.5, 0.6) is 11.5 Å². The summed E-state index contributed by atoms with van der Waals surface area (Å²) >= 11 is 1.52. The molecule has 0 unspecified atom stereocenters. The molecular weight excluding hydrogens is 532 g/mol. The van der Waals surface area contributed by atoms with Crippen LogP contribution in [0.15, 0.2) is 53.5 Å². The number of benzene rings is 2. The number of aliphatic imine (C=N–C) groups is 1. The molecule has 0 fully saturated rings. The second-order valence-electron chi connectivity index (χ2n) is 8.86. The Bertz CT molecular complexity index is 1370. The number of esters is 2. The summed E-state index contributed by atoms with van der Waals surface area (Å²) in [5.41, 5.74) is 2.92. The fraction of sp³-hybridized carbons (Fsp3) is 0.333. The molecule has 0 spiro atoms. The molecule has 1 aliphatic rings. The smallest absolute Gasteiger partial charge is 0.344 e. The van der Waals surface area contributed by atoms with Crippen molar-refractivity contribution in [2.45, 2.75) is 39.5 Å². The molecule has 1 amide bonds. The third kappa shape index (κ3) is 7.69. The largest absolute Gasteiger partial charge is 0.482 e. The van der Waals surface area contributed by atoms with Gasteiger partial charge in [-0.15, -0.1) is 11.3 Å². The van der Waals surface area contributed by atoms with Gasteiger partial charge in [0.05, 0.1) is 18.8 Å². The van der Waals surface area contributed by atoms with E-state index in [1.54, 1.807) is 38.3 Å². The molecule has 210 valence electrons. The average Bonchev–Trinajstić information content (AvgIpc) is 3.34. The van der Waals surface area contributed by atoms with Crippen LogP contribution in [0, 0.1) is 0 Å². The van der Waals surface area contributed by atoms with Gasteiger partial charge in [-0.25, -0.2) is 14.6 Å². The van der Waals surface area contributed by atoms with Crippen molar-refractivity contribution in [1.29, 1.82) is 0 Å². The first-order chi connectivity index (χ1) is 19.5. The van der Waals surface area contributed by atoms with Gasteiger partial charge in [-0.1, -0.05) is 18.2 Å². The number of fused-ring (bicyclic) bond motifs is 1. The second kappa shape index (κ2) is 14.3. The highest BCUT2D eigenvalue weighted by molar-refractivity contribution is 7.16. The van der Waals surface area contributed by atoms with Gasteiger partial charge in [-0.05, 0) is 69.4 Å². The lowest BCUT2D eigenvalue weighted by molar-refractivity contribution is -0.146. The van der Waals surface area contributed by atoms with Crippen molar-refractivity contribution >= 4 is 46.1 Å². The van der Waals surface area contributed by atoms with E-state index in [0.717, 1.165) is 31.2 Å². The van der Waals surface area contributed by atoms with Gasteiger partial charge in [0.2, 0.25) is 0 Å². The SMILES string of the molecule is CCOC(=O)COc1ccc(C=Nc2sc3c(c2C(=O)Nc2ccccc2)CCCC3)c(OCC(=O)OCC)c1. The molecule has 0 bridgehead atoms. The molecule has 40 heavy (non-hydrogen) atoms. The molecule has 9 nitrogen and oxygen atoms in total. The lowest BCUT2D eigenvalue weighted by Crippen LogP contribution is -2.16. The first-order valence-corrected chi connectivity index (χ1v) is 14.1. The van der Waals surface area contributed by atoms with Crippen LogP contribution in [0.2, 0.25) is 0 Å². The number of amides is 1. The highest BCUT2D eigenvalue weighted by Gasteiger charge is 2.25. The number of ether oxygens (including phenoxy) is 4. The molecule has 10 heteroatoms. The Balaban J connectivity index is 1.61. The number of carbonyl (C=O) groups excluding carboxylic acids is 3. The van der Waals surface area contributed by atoms with Crippen LogP contribution in [-0.2, 0) is 31.9 Å². The van der Waals surface area contributed by atoms with E-state index >= 15 is 0 Å². The highest BCUT2D eigenvalue weighted by Crippen LogP contribution is 2.40. The third-order valence-electron chi connectivity index (χ3n) is 6.03. The molecule has 3 aromatic rings. The number of anilines is 1. The Morgan fingerprint density at radius 3 is 2.35 bits per heavy atom. The minimum absolute atomic E-state index is 0.195. The highest BCUT2D eigenvalue weighted by atomic mass is 32.1. The molecule has 2 aromatic carbocycles. The number of nitrogens with one attached hydrogen (secondary N) is 1. The zero-order valence-corrected chi connectivity index (χ0v) is 23.4. The Morgan fingerprint density at radius 2 is 1.62 bits per heavy atom. The summed E-state index contributed by atoms with van der Waals surface area (Å²) in [5.74, 6) is -0.535. The van der Waals surface area contributed by atoms with E-state index in [2.05, 4.69) is 5.32 Å². The number of rotatable bonds is 12. The summed E-state index contributed by atoms with van der Waals surface area (Å²) in [6.07, 6.45) is 5.46. The topological polar surface area (TPSA) is 113 Å². The van der Waals surface area contributed by atoms with Crippen LogP contribution in [0.3, 0.4) is 0 Å². The first kappa shape index (κ1) is 28.8. The molecular formula is C30H32N2O7S. The lowest BCUT2D eigenvalue weighted by Gasteiger charge is -2.13. The molecule has 0 radical (unpaired) electrons. The second-order valence-corrected chi connectivity index (χ2v) is 9.94. The molecule has 1 aromatic heterocycles. The van der Waals surface area contributed by atoms with Crippen LogP contribution in [-0.4, -0.2) is 50.5 Å². The van der Waals surface area contributed by atoms with Crippen molar-refractivity contribution < 1.29 is 33.3 Å². The van der Waals surface area contributed by atoms with Gasteiger partial charge >= 0.3 is 11.9 Å². The first-order valence-electron chi connectivity index (χ1n) is 13.2. The van der Waals surface area contributed by atoms with Gasteiger partial charge < -0.3 is 24.3 Å². The minimum Gasteiger partial charge on any atom is -0.482 e. The summed E-state index contributed by atoms with van der Waals surface area (Å²) in [4.78, 5) is 42.9. The van der Waals surface area contributed by atoms with Crippen molar-refractivity contribution in [3.8, 4) is 11.5 Å². The number of aryl methyl sites for hydroxylation is 1. The molecule has 1 N–H and O–H groups in total. The molecule has 0 atom stereocenters. The van der Waals surface area contributed by atoms with Crippen LogP contribution < -0.4 is 14.8 Å². The zero-order valence-electron chi connectivity index (χ0n) is 22.6. The molecule has 1 aliphatic carbocycles. The monoisotopic (exact) mass is 564 g/mol. The fourth-order valence-corrected chi connectivity index (χ4v) is 5.47. The van der Waals surface area contributed by atoms with E-state index in [1.807, 2.05) is 30.3 Å². The van der Waals surface area contributed by atoms with Gasteiger partial charge in [-0.3, -0.25) is 4.79 Å². The molecule has 1 heterocycles. The molecule has 0 saturated heterocycles. The molecule has 4 rings (SSSR count). The van der Waals surface area contributed by atoms with Crippen molar-refractivity contribution in [2.24, 2.45) is 4.99 Å². The number of para-hydroxylation sites is 1. The molecule has 0 saturated carbocycles. The van der Waals surface area contributed by atoms with E-state index in [0.29, 0.717) is 33.3 Å². The molecule has 0 aliphatic heterocycles. The van der Waals surface area contributed by atoms with Gasteiger partial charge in [-0.2, -0.15) is 0 Å². The van der Waals surface area contributed by atoms with Gasteiger partial charge in [0.15, 0.2) is 13.2 Å². The Kier molecular flexibility index (Phi) is 10.3. The summed E-state index contributed by atoms with van der Waals surface area (Å²) in [7, 11) is 0. The van der Waals surface area contributed by atoms with E-state index in [9.17, 15) is 14.4 Å². The van der Waals surface area contributed by atoms with Crippen LogP contribution in [0.4, 0.5) is 10.7 Å². The van der Waals surface area contributed by atoms with Gasteiger partial charge in [0.1, 0.15) is 16.5 Å². The lowest BCUT2D eigenvalue weighted by atomic mass is 9.95. The number of hydrogen-bond acceptors (Lipinski definition) is 9. The summed E-state index contributed by atoms with van der Waals surface area (Å²) in [5, 5.41) is 3.60. The third-order valence-corrected chi connectivity index (χ3v) is 7.23. The Morgan fingerprint density at radius 1 is 0.925 bits per heavy atom. The Labute approximate surface area is 237 Å². The van der Waals surface area contributed by atoms with Crippen LogP contribution >= 0.6 is 11.3 Å². The van der Waals surface area contributed by atoms with Crippen molar-refractivity contribution in [3.63, 3.8) is 0 Å². The maximum absolute atomic E-state index is 13.4. The Hall–Kier alpha value is -4.18. The van der Waals surface area contributed by atoms with Gasteiger partial charge in [0, 0.05) is 28.4 Å². The van der Waals surface area contributed by atoms with E-state index < -0.39 is 11.9 Å². The maximum atomic E-state index is 13.4. The number of carbonyl (C=O) groups is 3. The zero-order chi connectivity index (χ0) is 28.3. The normalized spacial score (nSPS) is 12.4. The average molecular weight is 565 g/mol. The van der Waals surface area contributed by atoms with E-state index in [1.165, 1.54) is 16.2 Å². The fourth-order valence-electron chi connectivity index (χ4n) is 4.24. The number of thiophene rings is 1. The van der Waals surface area contributed by atoms with Crippen LogP contribution in [0.25, 0.3) is 0 Å². The summed E-state index contributed by atoms with van der Waals surface area (Å²) in [6, 6.07) is 14.3.